The van der Waals surface area contributed by atoms with Crippen molar-refractivity contribution in [3.05, 3.63) is 34.1 Å². The third kappa shape index (κ3) is 4.07. The second kappa shape index (κ2) is 6.09. The second-order valence-corrected chi connectivity index (χ2v) is 4.59. The van der Waals surface area contributed by atoms with Gasteiger partial charge in [0.15, 0.2) is 0 Å². The van der Waals surface area contributed by atoms with E-state index in [1.165, 1.54) is 19.1 Å². The summed E-state index contributed by atoms with van der Waals surface area (Å²) in [4.78, 5) is 11.7. The van der Waals surface area contributed by atoms with Gasteiger partial charge in [-0.1, -0.05) is 0 Å². The molecule has 1 aromatic rings. The van der Waals surface area contributed by atoms with Crippen molar-refractivity contribution in [3.63, 3.8) is 0 Å². The Morgan fingerprint density at radius 1 is 1.65 bits per heavy atom. The number of nitrogens with one attached hydrogen (secondary N) is 1. The minimum atomic E-state index is -0.716. The van der Waals surface area contributed by atoms with Gasteiger partial charge >= 0.3 is 0 Å². The number of hydrogen-bond acceptors (Lipinski definition) is 3. The van der Waals surface area contributed by atoms with Gasteiger partial charge in [0.2, 0.25) is 0 Å². The number of nitrogens with two attached hydrogens (primary N) is 1. The van der Waals surface area contributed by atoms with E-state index in [9.17, 15) is 9.18 Å². The number of carbonyl (C=O) groups excluding carboxylic acids is 1. The number of halogens is 2. The molecular weight excluding hydrogens is 291 g/mol. The summed E-state index contributed by atoms with van der Waals surface area (Å²) in [6, 6.07) is 3.29. The van der Waals surface area contributed by atoms with Gasteiger partial charge in [0, 0.05) is 17.1 Å². The van der Waals surface area contributed by atoms with E-state index in [1.807, 2.05) is 0 Å². The number of rotatable bonds is 4. The third-order valence-corrected chi connectivity index (χ3v) is 2.98. The van der Waals surface area contributed by atoms with Crippen molar-refractivity contribution in [1.82, 2.24) is 5.32 Å². The fourth-order valence-corrected chi connectivity index (χ4v) is 1.57. The van der Waals surface area contributed by atoms with Gasteiger partial charge in [-0.05, 0) is 41.1 Å². The molecule has 0 aromatic heterocycles. The van der Waals surface area contributed by atoms with Crippen molar-refractivity contribution in [2.45, 2.75) is 19.1 Å². The molecule has 0 aliphatic heterocycles. The molecule has 0 aliphatic carbocycles. The summed E-state index contributed by atoms with van der Waals surface area (Å²) in [5.74, 6) is -0.925. The van der Waals surface area contributed by atoms with Crippen LogP contribution in [-0.4, -0.2) is 29.7 Å². The van der Waals surface area contributed by atoms with Crippen molar-refractivity contribution >= 4 is 21.8 Å². The standard InChI is InChI=1S/C11H14BrFN2O2/c1-6(16)10(14)5-15-11(17)8-4-7(13)2-3-9(8)12/h2-4,6,10,16H,5,14H2,1H3,(H,15,17). The second-order valence-electron chi connectivity index (χ2n) is 3.74. The van der Waals surface area contributed by atoms with Crippen molar-refractivity contribution in [3.8, 4) is 0 Å². The molecule has 1 amide bonds. The SMILES string of the molecule is CC(O)C(N)CNC(=O)c1cc(F)ccc1Br. The molecule has 1 aromatic carbocycles. The molecule has 2 atom stereocenters. The maximum absolute atomic E-state index is 13.0. The van der Waals surface area contributed by atoms with E-state index in [0.717, 1.165) is 6.07 Å². The number of benzene rings is 1. The van der Waals surface area contributed by atoms with Crippen LogP contribution in [0.1, 0.15) is 17.3 Å². The molecule has 17 heavy (non-hydrogen) atoms. The summed E-state index contributed by atoms with van der Waals surface area (Å²) in [5.41, 5.74) is 5.76. The van der Waals surface area contributed by atoms with Crippen LogP contribution in [0.4, 0.5) is 4.39 Å². The number of aliphatic hydroxyl groups is 1. The summed E-state index contributed by atoms with van der Waals surface area (Å²) in [5, 5.41) is 11.7. The molecule has 0 radical (unpaired) electrons. The van der Waals surface area contributed by atoms with Crippen LogP contribution in [0.3, 0.4) is 0 Å². The Hall–Kier alpha value is -0.980. The van der Waals surface area contributed by atoms with Crippen LogP contribution < -0.4 is 11.1 Å². The van der Waals surface area contributed by atoms with Gasteiger partial charge in [0.1, 0.15) is 5.82 Å². The van der Waals surface area contributed by atoms with Gasteiger partial charge < -0.3 is 16.2 Å². The molecule has 0 aliphatic rings. The molecule has 4 N–H and O–H groups in total. The first-order valence-electron chi connectivity index (χ1n) is 5.08. The lowest BCUT2D eigenvalue weighted by atomic mass is 10.1. The van der Waals surface area contributed by atoms with E-state index in [2.05, 4.69) is 21.2 Å². The Kier molecular flexibility index (Phi) is 5.04. The lowest BCUT2D eigenvalue weighted by Crippen LogP contribution is -2.43. The summed E-state index contributed by atoms with van der Waals surface area (Å²) < 4.78 is 13.5. The summed E-state index contributed by atoms with van der Waals surface area (Å²) in [7, 11) is 0. The molecule has 4 nitrogen and oxygen atoms in total. The van der Waals surface area contributed by atoms with Gasteiger partial charge in [-0.3, -0.25) is 4.79 Å². The van der Waals surface area contributed by atoms with Crippen LogP contribution in [0.5, 0.6) is 0 Å². The number of hydrogen-bond donors (Lipinski definition) is 3. The van der Waals surface area contributed by atoms with Crippen LogP contribution in [0, 0.1) is 5.82 Å². The minimum Gasteiger partial charge on any atom is -0.392 e. The van der Waals surface area contributed by atoms with Crippen LogP contribution in [0.2, 0.25) is 0 Å². The first-order chi connectivity index (χ1) is 7.91. The minimum absolute atomic E-state index is 0.124. The van der Waals surface area contributed by atoms with Crippen LogP contribution in [-0.2, 0) is 0 Å². The fourth-order valence-electron chi connectivity index (χ4n) is 1.15. The molecular formula is C11H14BrFN2O2. The third-order valence-electron chi connectivity index (χ3n) is 2.29. The van der Waals surface area contributed by atoms with E-state index in [4.69, 9.17) is 10.8 Å². The zero-order valence-electron chi connectivity index (χ0n) is 9.28. The van der Waals surface area contributed by atoms with Crippen molar-refractivity contribution in [2.24, 2.45) is 5.73 Å². The predicted octanol–water partition coefficient (Wildman–Crippen LogP) is 1.03. The summed E-state index contributed by atoms with van der Waals surface area (Å²) in [6.45, 7) is 1.66. The first-order valence-corrected chi connectivity index (χ1v) is 5.88. The highest BCUT2D eigenvalue weighted by atomic mass is 79.9. The Bertz CT molecular complexity index is 412. The van der Waals surface area contributed by atoms with E-state index < -0.39 is 23.9 Å². The highest BCUT2D eigenvalue weighted by molar-refractivity contribution is 9.10. The highest BCUT2D eigenvalue weighted by Gasteiger charge is 2.14. The number of aliphatic hydroxyl groups excluding tert-OH is 1. The molecule has 0 heterocycles. The van der Waals surface area contributed by atoms with Crippen LogP contribution in [0.15, 0.2) is 22.7 Å². The fraction of sp³-hybridized carbons (Fsp3) is 0.364. The Labute approximate surface area is 107 Å². The van der Waals surface area contributed by atoms with Gasteiger partial charge in [0.25, 0.3) is 5.91 Å². The number of amides is 1. The first kappa shape index (κ1) is 14.1. The molecule has 6 heteroatoms. The topological polar surface area (TPSA) is 75.3 Å². The highest BCUT2D eigenvalue weighted by Crippen LogP contribution is 2.17. The quantitative estimate of drug-likeness (QED) is 0.777. The van der Waals surface area contributed by atoms with Gasteiger partial charge in [0.05, 0.1) is 11.7 Å². The Morgan fingerprint density at radius 3 is 2.88 bits per heavy atom. The van der Waals surface area contributed by atoms with Crippen molar-refractivity contribution in [2.75, 3.05) is 6.54 Å². The van der Waals surface area contributed by atoms with Gasteiger partial charge in [-0.15, -0.1) is 0 Å². The molecule has 0 spiro atoms. The average molecular weight is 305 g/mol. The lowest BCUT2D eigenvalue weighted by molar-refractivity contribution is 0.0936. The Balaban J connectivity index is 2.67. The smallest absolute Gasteiger partial charge is 0.252 e. The van der Waals surface area contributed by atoms with Gasteiger partial charge in [-0.25, -0.2) is 4.39 Å². The van der Waals surface area contributed by atoms with Gasteiger partial charge in [-0.2, -0.15) is 0 Å². The normalized spacial score (nSPS) is 14.2. The Morgan fingerprint density at radius 2 is 2.29 bits per heavy atom. The maximum Gasteiger partial charge on any atom is 0.252 e. The van der Waals surface area contributed by atoms with Crippen molar-refractivity contribution in [1.29, 1.82) is 0 Å². The van der Waals surface area contributed by atoms with E-state index >= 15 is 0 Å². The average Bonchev–Trinajstić information content (AvgIpc) is 2.28. The zero-order valence-corrected chi connectivity index (χ0v) is 10.9. The van der Waals surface area contributed by atoms with Crippen molar-refractivity contribution < 1.29 is 14.3 Å². The molecule has 2 unspecified atom stereocenters. The van der Waals surface area contributed by atoms with E-state index in [0.29, 0.717) is 4.47 Å². The maximum atomic E-state index is 13.0. The summed E-state index contributed by atoms with van der Waals surface area (Å²) in [6.07, 6.45) is -0.716. The molecule has 0 bridgehead atoms. The molecule has 0 fully saturated rings. The lowest BCUT2D eigenvalue weighted by Gasteiger charge is -2.15. The van der Waals surface area contributed by atoms with E-state index in [-0.39, 0.29) is 12.1 Å². The zero-order chi connectivity index (χ0) is 13.0. The molecule has 94 valence electrons. The molecule has 0 saturated heterocycles. The van der Waals surface area contributed by atoms with Crippen LogP contribution >= 0.6 is 15.9 Å². The summed E-state index contributed by atoms with van der Waals surface area (Å²) >= 11 is 3.16. The monoisotopic (exact) mass is 304 g/mol. The van der Waals surface area contributed by atoms with E-state index in [1.54, 1.807) is 0 Å². The number of carbonyl (C=O) groups is 1. The molecule has 0 saturated carbocycles. The molecule has 1 rings (SSSR count). The largest absolute Gasteiger partial charge is 0.392 e. The predicted molar refractivity (Wildman–Crippen MR) is 66.1 cm³/mol. The van der Waals surface area contributed by atoms with Crippen LogP contribution in [0.25, 0.3) is 0 Å².